The Kier molecular flexibility index (Phi) is 4.58. The summed E-state index contributed by atoms with van der Waals surface area (Å²) in [5.41, 5.74) is 4.92. The zero-order valence-corrected chi connectivity index (χ0v) is 15.1. The third kappa shape index (κ3) is 2.69. The summed E-state index contributed by atoms with van der Waals surface area (Å²) < 4.78 is 1.15. The zero-order chi connectivity index (χ0) is 13.4. The molecule has 0 amide bonds. The molecule has 1 atom stereocenters. The number of aryl methyl sites for hydroxylation is 3. The molecule has 0 saturated carbocycles. The van der Waals surface area contributed by atoms with Crippen molar-refractivity contribution in [3.8, 4) is 0 Å². The highest BCUT2D eigenvalue weighted by molar-refractivity contribution is 9.10. The third-order valence-corrected chi connectivity index (χ3v) is 6.86. The van der Waals surface area contributed by atoms with Crippen LogP contribution in [-0.2, 0) is 0 Å². The van der Waals surface area contributed by atoms with Crippen molar-refractivity contribution in [3.05, 3.63) is 54.1 Å². The Labute approximate surface area is 134 Å². The molecule has 0 radical (unpaired) electrons. The molecule has 0 aliphatic carbocycles. The SMILES string of the molecule is Cc1cc(C(Br)c2scc(C)c2Cl)c(C)cc1Br. The van der Waals surface area contributed by atoms with Gasteiger partial charge >= 0.3 is 0 Å². The van der Waals surface area contributed by atoms with Crippen molar-refractivity contribution in [2.24, 2.45) is 0 Å². The number of halogens is 3. The molecule has 2 aromatic rings. The number of alkyl halides is 1. The molecule has 4 heteroatoms. The van der Waals surface area contributed by atoms with E-state index in [1.54, 1.807) is 11.3 Å². The molecule has 0 fully saturated rings. The minimum Gasteiger partial charge on any atom is -0.145 e. The maximum absolute atomic E-state index is 6.35. The van der Waals surface area contributed by atoms with Crippen molar-refractivity contribution in [3.63, 3.8) is 0 Å². The van der Waals surface area contributed by atoms with Crippen LogP contribution < -0.4 is 0 Å². The Bertz CT molecular complexity index is 590. The molecule has 1 aromatic heterocycles. The molecule has 2 rings (SSSR count). The third-order valence-electron chi connectivity index (χ3n) is 2.98. The summed E-state index contributed by atoms with van der Waals surface area (Å²) in [6.45, 7) is 6.28. The van der Waals surface area contributed by atoms with Crippen molar-refractivity contribution in [1.82, 2.24) is 0 Å². The Hall–Kier alpha value is 0.170. The summed E-state index contributed by atoms with van der Waals surface area (Å²) in [6.07, 6.45) is 0. The monoisotopic (exact) mass is 406 g/mol. The van der Waals surface area contributed by atoms with E-state index in [4.69, 9.17) is 11.6 Å². The molecule has 18 heavy (non-hydrogen) atoms. The second kappa shape index (κ2) is 5.66. The van der Waals surface area contributed by atoms with Crippen LogP contribution in [0.15, 0.2) is 22.0 Å². The first-order chi connectivity index (χ1) is 8.41. The van der Waals surface area contributed by atoms with Crippen LogP contribution in [0.4, 0.5) is 0 Å². The van der Waals surface area contributed by atoms with Crippen molar-refractivity contribution < 1.29 is 0 Å². The van der Waals surface area contributed by atoms with Crippen LogP contribution >= 0.6 is 54.8 Å². The van der Waals surface area contributed by atoms with Gasteiger partial charge in [0.15, 0.2) is 0 Å². The van der Waals surface area contributed by atoms with E-state index in [1.165, 1.54) is 21.6 Å². The highest BCUT2D eigenvalue weighted by atomic mass is 79.9. The predicted molar refractivity (Wildman–Crippen MR) is 88.5 cm³/mol. The van der Waals surface area contributed by atoms with Crippen LogP contribution in [0.5, 0.6) is 0 Å². The second-order valence-electron chi connectivity index (χ2n) is 4.42. The molecular weight excluding hydrogens is 395 g/mol. The van der Waals surface area contributed by atoms with E-state index < -0.39 is 0 Å². The maximum Gasteiger partial charge on any atom is 0.0755 e. The van der Waals surface area contributed by atoms with Gasteiger partial charge in [0.1, 0.15) is 0 Å². The highest BCUT2D eigenvalue weighted by Gasteiger charge is 2.19. The Morgan fingerprint density at radius 1 is 1.11 bits per heavy atom. The van der Waals surface area contributed by atoms with Crippen LogP contribution in [0.2, 0.25) is 5.02 Å². The van der Waals surface area contributed by atoms with E-state index in [-0.39, 0.29) is 4.83 Å². The van der Waals surface area contributed by atoms with E-state index >= 15 is 0 Å². The number of benzene rings is 1. The first kappa shape index (κ1) is 14.6. The second-order valence-corrected chi connectivity index (χ2v) is 7.48. The lowest BCUT2D eigenvalue weighted by Gasteiger charge is -2.14. The summed E-state index contributed by atoms with van der Waals surface area (Å²) in [7, 11) is 0. The molecule has 0 saturated heterocycles. The van der Waals surface area contributed by atoms with E-state index in [9.17, 15) is 0 Å². The number of hydrogen-bond acceptors (Lipinski definition) is 1. The van der Waals surface area contributed by atoms with Gasteiger partial charge < -0.3 is 0 Å². The normalized spacial score (nSPS) is 12.8. The van der Waals surface area contributed by atoms with Crippen molar-refractivity contribution in [2.45, 2.75) is 25.6 Å². The smallest absolute Gasteiger partial charge is 0.0755 e. The van der Waals surface area contributed by atoms with Gasteiger partial charge in [-0.15, -0.1) is 11.3 Å². The summed E-state index contributed by atoms with van der Waals surface area (Å²) in [6, 6.07) is 4.37. The van der Waals surface area contributed by atoms with Gasteiger partial charge in [0.25, 0.3) is 0 Å². The summed E-state index contributed by atoms with van der Waals surface area (Å²) >= 11 is 15.4. The number of thiophene rings is 1. The first-order valence-corrected chi connectivity index (χ1v) is 8.52. The van der Waals surface area contributed by atoms with E-state index in [1.807, 2.05) is 6.92 Å². The van der Waals surface area contributed by atoms with Gasteiger partial charge in [-0.25, -0.2) is 0 Å². The van der Waals surface area contributed by atoms with Crippen molar-refractivity contribution >= 4 is 54.8 Å². The molecule has 0 N–H and O–H groups in total. The fourth-order valence-corrected chi connectivity index (χ4v) is 4.77. The molecule has 1 unspecified atom stereocenters. The predicted octanol–water partition coefficient (Wildman–Crippen LogP) is 6.57. The largest absolute Gasteiger partial charge is 0.145 e. The van der Waals surface area contributed by atoms with Gasteiger partial charge in [-0.3, -0.25) is 0 Å². The van der Waals surface area contributed by atoms with Gasteiger partial charge in [-0.1, -0.05) is 49.5 Å². The van der Waals surface area contributed by atoms with Crippen LogP contribution in [0.25, 0.3) is 0 Å². The summed E-state index contributed by atoms with van der Waals surface area (Å²) in [5, 5.41) is 2.98. The standard InChI is InChI=1S/C14H13Br2ClS/c1-7-5-11(15)8(2)4-10(7)12(16)14-13(17)9(3)6-18-14/h4-6,12H,1-3H3. The molecular formula is C14H13Br2ClS. The summed E-state index contributed by atoms with van der Waals surface area (Å²) in [5.74, 6) is 0. The fourth-order valence-electron chi connectivity index (χ4n) is 1.84. The van der Waals surface area contributed by atoms with E-state index in [2.05, 4.69) is 63.2 Å². The minimum absolute atomic E-state index is 0.162. The van der Waals surface area contributed by atoms with E-state index in [0.29, 0.717) is 0 Å². The number of rotatable bonds is 2. The average molecular weight is 409 g/mol. The molecule has 1 aromatic carbocycles. The lowest BCUT2D eigenvalue weighted by molar-refractivity contribution is 1.16. The van der Waals surface area contributed by atoms with Crippen LogP contribution in [0.3, 0.4) is 0 Å². The first-order valence-electron chi connectivity index (χ1n) is 5.56. The molecule has 0 aliphatic heterocycles. The van der Waals surface area contributed by atoms with Gasteiger partial charge in [0.05, 0.1) is 9.85 Å². The molecule has 0 spiro atoms. The van der Waals surface area contributed by atoms with Gasteiger partial charge in [-0.05, 0) is 54.5 Å². The van der Waals surface area contributed by atoms with Gasteiger partial charge in [0, 0.05) is 9.35 Å². The van der Waals surface area contributed by atoms with E-state index in [0.717, 1.165) is 15.1 Å². The van der Waals surface area contributed by atoms with Gasteiger partial charge in [-0.2, -0.15) is 0 Å². The van der Waals surface area contributed by atoms with Crippen molar-refractivity contribution in [1.29, 1.82) is 0 Å². The fraction of sp³-hybridized carbons (Fsp3) is 0.286. The molecule has 96 valence electrons. The lowest BCUT2D eigenvalue weighted by atomic mass is 10.0. The van der Waals surface area contributed by atoms with Crippen LogP contribution in [-0.4, -0.2) is 0 Å². The molecule has 0 bridgehead atoms. The number of hydrogen-bond donors (Lipinski definition) is 0. The Balaban J connectivity index is 2.49. The lowest BCUT2D eigenvalue weighted by Crippen LogP contribution is -1.96. The summed E-state index contributed by atoms with van der Waals surface area (Å²) in [4.78, 5) is 1.34. The maximum atomic E-state index is 6.35. The Morgan fingerprint density at radius 3 is 2.33 bits per heavy atom. The minimum atomic E-state index is 0.162. The average Bonchev–Trinajstić information content (AvgIpc) is 2.64. The highest BCUT2D eigenvalue weighted by Crippen LogP contribution is 2.42. The molecule has 0 nitrogen and oxygen atoms in total. The topological polar surface area (TPSA) is 0 Å². The van der Waals surface area contributed by atoms with Crippen molar-refractivity contribution in [2.75, 3.05) is 0 Å². The van der Waals surface area contributed by atoms with Gasteiger partial charge in [0.2, 0.25) is 0 Å². The van der Waals surface area contributed by atoms with Crippen LogP contribution in [0, 0.1) is 20.8 Å². The van der Waals surface area contributed by atoms with Crippen LogP contribution in [0.1, 0.15) is 32.0 Å². The molecule has 1 heterocycles. The quantitative estimate of drug-likeness (QED) is 0.493. The molecule has 0 aliphatic rings. The zero-order valence-electron chi connectivity index (χ0n) is 10.4. The Morgan fingerprint density at radius 2 is 1.78 bits per heavy atom.